The minimum Gasteiger partial charge on any atom is -0.323 e. The van der Waals surface area contributed by atoms with Gasteiger partial charge in [-0.3, -0.25) is 4.90 Å². The molecule has 4 nitrogen and oxygen atoms in total. The summed E-state index contributed by atoms with van der Waals surface area (Å²) in [5, 5.41) is 3.09. The Kier molecular flexibility index (Phi) is 6.46. The van der Waals surface area contributed by atoms with Gasteiger partial charge in [-0.05, 0) is 55.2 Å². The van der Waals surface area contributed by atoms with Crippen molar-refractivity contribution in [1.29, 1.82) is 0 Å². The monoisotopic (exact) mass is 371 g/mol. The summed E-state index contributed by atoms with van der Waals surface area (Å²) in [5.74, 6) is 0.853. The number of nitrogens with zero attached hydrogens (tertiary/aromatic N) is 2. The Morgan fingerprint density at radius 2 is 1.67 bits per heavy atom. The Morgan fingerprint density at radius 1 is 1.00 bits per heavy atom. The molecule has 2 aliphatic rings. The molecule has 1 heterocycles. The Morgan fingerprint density at radius 3 is 2.30 bits per heavy atom. The third kappa shape index (κ3) is 5.25. The van der Waals surface area contributed by atoms with Gasteiger partial charge in [0.25, 0.3) is 0 Å². The highest BCUT2D eigenvalue weighted by Gasteiger charge is 2.28. The highest BCUT2D eigenvalue weighted by molar-refractivity contribution is 5.89. The van der Waals surface area contributed by atoms with Crippen LogP contribution in [-0.2, 0) is 5.41 Å². The number of urea groups is 1. The van der Waals surface area contributed by atoms with Gasteiger partial charge in [0.2, 0.25) is 0 Å². The molecule has 1 N–H and O–H groups in total. The molecule has 3 rings (SSSR count). The van der Waals surface area contributed by atoms with Crippen LogP contribution in [0.25, 0.3) is 0 Å². The average molecular weight is 372 g/mol. The lowest BCUT2D eigenvalue weighted by atomic mass is 9.87. The van der Waals surface area contributed by atoms with Crippen LogP contribution < -0.4 is 5.32 Å². The summed E-state index contributed by atoms with van der Waals surface area (Å²) < 4.78 is 0. The maximum Gasteiger partial charge on any atom is 0.321 e. The number of carbonyl (C=O) groups excluding carboxylic acids is 1. The second kappa shape index (κ2) is 8.64. The molecule has 0 spiro atoms. The number of hydrogen-bond donors (Lipinski definition) is 1. The van der Waals surface area contributed by atoms with E-state index in [-0.39, 0.29) is 11.4 Å². The van der Waals surface area contributed by atoms with Gasteiger partial charge in [0.1, 0.15) is 0 Å². The molecule has 2 amide bonds. The molecule has 27 heavy (non-hydrogen) atoms. The highest BCUT2D eigenvalue weighted by atomic mass is 16.2. The lowest BCUT2D eigenvalue weighted by Crippen LogP contribution is -2.42. The van der Waals surface area contributed by atoms with E-state index in [2.05, 4.69) is 50.0 Å². The maximum atomic E-state index is 12.7. The largest absolute Gasteiger partial charge is 0.323 e. The molecule has 0 radical (unpaired) electrons. The first-order chi connectivity index (χ1) is 12.8. The van der Waals surface area contributed by atoms with E-state index in [1.807, 2.05) is 17.0 Å². The van der Waals surface area contributed by atoms with Gasteiger partial charge in [0, 0.05) is 37.9 Å². The third-order valence-electron chi connectivity index (χ3n) is 6.48. The fourth-order valence-electron chi connectivity index (χ4n) is 4.54. The van der Waals surface area contributed by atoms with Crippen molar-refractivity contribution < 1.29 is 4.79 Å². The molecule has 0 bridgehead atoms. The molecule has 4 heteroatoms. The number of rotatable bonds is 3. The van der Waals surface area contributed by atoms with Crippen LogP contribution in [0.5, 0.6) is 0 Å². The van der Waals surface area contributed by atoms with Crippen LogP contribution in [0, 0.1) is 5.92 Å². The van der Waals surface area contributed by atoms with Gasteiger partial charge in [-0.2, -0.15) is 0 Å². The summed E-state index contributed by atoms with van der Waals surface area (Å²) in [6.07, 6.45) is 6.61. The fraction of sp³-hybridized carbons (Fsp3) is 0.696. The third-order valence-corrected chi connectivity index (χ3v) is 6.48. The molecule has 1 unspecified atom stereocenters. The van der Waals surface area contributed by atoms with Gasteiger partial charge in [-0.1, -0.05) is 45.7 Å². The number of anilines is 1. The summed E-state index contributed by atoms with van der Waals surface area (Å²) in [6.45, 7) is 12.8. The highest BCUT2D eigenvalue weighted by Crippen LogP contribution is 2.30. The maximum absolute atomic E-state index is 12.7. The summed E-state index contributed by atoms with van der Waals surface area (Å²) >= 11 is 0. The minimum absolute atomic E-state index is 0.0360. The number of nitrogens with one attached hydrogen (secondary N) is 1. The van der Waals surface area contributed by atoms with E-state index in [0.717, 1.165) is 44.2 Å². The molecular formula is C23H37N3O. The van der Waals surface area contributed by atoms with E-state index < -0.39 is 0 Å². The molecule has 1 aliphatic carbocycles. The van der Waals surface area contributed by atoms with E-state index in [9.17, 15) is 4.79 Å². The van der Waals surface area contributed by atoms with E-state index in [4.69, 9.17) is 0 Å². The Bertz CT molecular complexity index is 614. The molecule has 1 saturated carbocycles. The topological polar surface area (TPSA) is 35.6 Å². The quantitative estimate of drug-likeness (QED) is 0.802. The second-order valence-electron chi connectivity index (χ2n) is 9.42. The Labute approximate surface area is 165 Å². The van der Waals surface area contributed by atoms with E-state index >= 15 is 0 Å². The van der Waals surface area contributed by atoms with E-state index in [1.54, 1.807) is 0 Å². The first kappa shape index (κ1) is 20.2. The minimum atomic E-state index is 0.0360. The summed E-state index contributed by atoms with van der Waals surface area (Å²) in [7, 11) is 0. The SMILES string of the molecule is CC(C1CCCC1)N1CCCN(C(=O)Nc2ccc(C(C)(C)C)cc2)CC1. The van der Waals surface area contributed by atoms with E-state index in [1.165, 1.54) is 31.2 Å². The van der Waals surface area contributed by atoms with Gasteiger partial charge in [-0.15, -0.1) is 0 Å². The zero-order valence-corrected chi connectivity index (χ0v) is 17.6. The van der Waals surface area contributed by atoms with Crippen LogP contribution >= 0.6 is 0 Å². The molecule has 1 aliphatic heterocycles. The zero-order valence-electron chi connectivity index (χ0n) is 17.6. The summed E-state index contributed by atoms with van der Waals surface area (Å²) in [5.41, 5.74) is 2.30. The average Bonchev–Trinajstić information content (AvgIpc) is 3.05. The van der Waals surface area contributed by atoms with Crippen LogP contribution in [0.2, 0.25) is 0 Å². The lowest BCUT2D eigenvalue weighted by molar-refractivity contribution is 0.160. The van der Waals surface area contributed by atoms with Crippen molar-refractivity contribution in [1.82, 2.24) is 9.80 Å². The normalized spacial score (nSPS) is 21.1. The first-order valence-electron chi connectivity index (χ1n) is 10.7. The van der Waals surface area contributed by atoms with Crippen molar-refractivity contribution in [3.8, 4) is 0 Å². The molecule has 1 atom stereocenters. The molecule has 150 valence electrons. The molecule has 2 fully saturated rings. The number of carbonyl (C=O) groups is 1. The predicted octanol–water partition coefficient (Wildman–Crippen LogP) is 5.10. The summed E-state index contributed by atoms with van der Waals surface area (Å²) in [6, 6.07) is 8.95. The standard InChI is InChI=1S/C23H37N3O/c1-18(19-8-5-6-9-19)25-14-7-15-26(17-16-25)22(27)24-21-12-10-20(11-13-21)23(2,3)4/h10-13,18-19H,5-9,14-17H2,1-4H3,(H,24,27). The molecule has 1 aromatic rings. The van der Waals surface area contributed by atoms with Crippen LogP contribution in [0.1, 0.15) is 65.4 Å². The lowest BCUT2D eigenvalue weighted by Gasteiger charge is -2.32. The zero-order chi connectivity index (χ0) is 19.4. The number of amides is 2. The van der Waals surface area contributed by atoms with Gasteiger partial charge in [0.15, 0.2) is 0 Å². The Hall–Kier alpha value is -1.55. The van der Waals surface area contributed by atoms with Crippen LogP contribution in [0.15, 0.2) is 24.3 Å². The van der Waals surface area contributed by atoms with Crippen molar-refractivity contribution in [3.63, 3.8) is 0 Å². The smallest absolute Gasteiger partial charge is 0.321 e. The van der Waals surface area contributed by atoms with Gasteiger partial charge in [0.05, 0.1) is 0 Å². The predicted molar refractivity (Wildman–Crippen MR) is 113 cm³/mol. The van der Waals surface area contributed by atoms with Crippen molar-refractivity contribution in [3.05, 3.63) is 29.8 Å². The van der Waals surface area contributed by atoms with Crippen LogP contribution in [0.3, 0.4) is 0 Å². The molecule has 0 aromatic heterocycles. The van der Waals surface area contributed by atoms with Gasteiger partial charge >= 0.3 is 6.03 Å². The van der Waals surface area contributed by atoms with Crippen molar-refractivity contribution in [2.75, 3.05) is 31.5 Å². The second-order valence-corrected chi connectivity index (χ2v) is 9.42. The van der Waals surface area contributed by atoms with Crippen LogP contribution in [0.4, 0.5) is 10.5 Å². The van der Waals surface area contributed by atoms with Gasteiger partial charge < -0.3 is 10.2 Å². The van der Waals surface area contributed by atoms with Crippen molar-refractivity contribution in [2.45, 2.75) is 71.3 Å². The van der Waals surface area contributed by atoms with Gasteiger partial charge in [-0.25, -0.2) is 4.79 Å². The molecule has 1 saturated heterocycles. The number of benzene rings is 1. The van der Waals surface area contributed by atoms with Crippen LogP contribution in [-0.4, -0.2) is 48.1 Å². The van der Waals surface area contributed by atoms with E-state index in [0.29, 0.717) is 6.04 Å². The Balaban J connectivity index is 1.53. The van der Waals surface area contributed by atoms with Crippen molar-refractivity contribution in [2.24, 2.45) is 5.92 Å². The van der Waals surface area contributed by atoms with Crippen molar-refractivity contribution >= 4 is 11.7 Å². The number of hydrogen-bond acceptors (Lipinski definition) is 2. The fourth-order valence-corrected chi connectivity index (χ4v) is 4.54. The molecular weight excluding hydrogens is 334 g/mol. The summed E-state index contributed by atoms with van der Waals surface area (Å²) in [4.78, 5) is 17.3. The first-order valence-corrected chi connectivity index (χ1v) is 10.7. The molecule has 1 aromatic carbocycles.